The minimum Gasteiger partial charge on any atom is -0.465 e. The highest BCUT2D eigenvalue weighted by atomic mass is 16.5. The first-order valence-corrected chi connectivity index (χ1v) is 6.31. The normalized spacial score (nSPS) is 10.3. The largest absolute Gasteiger partial charge is 0.465 e. The highest BCUT2D eigenvalue weighted by Crippen LogP contribution is 2.23. The average molecular weight is 274 g/mol. The molecule has 20 heavy (non-hydrogen) atoms. The van der Waals surface area contributed by atoms with Gasteiger partial charge in [-0.2, -0.15) is 0 Å². The molecule has 2 rings (SSSR count). The van der Waals surface area contributed by atoms with Crippen LogP contribution in [0.4, 0.5) is 11.4 Å². The van der Waals surface area contributed by atoms with E-state index < -0.39 is 5.97 Å². The van der Waals surface area contributed by atoms with E-state index in [-0.39, 0.29) is 0 Å². The van der Waals surface area contributed by atoms with Crippen LogP contribution in [0.1, 0.15) is 21.6 Å². The number of ether oxygens (including phenoxy) is 1. The first kappa shape index (κ1) is 13.9. The monoisotopic (exact) mass is 274 g/mol. The number of esters is 1. The number of methoxy groups -OCH3 is 1. The van der Waals surface area contributed by atoms with Crippen molar-refractivity contribution in [2.45, 2.75) is 13.3 Å². The van der Waals surface area contributed by atoms with Gasteiger partial charge in [0.15, 0.2) is 0 Å². The molecule has 1 aromatic heterocycles. The molecular weight excluding hydrogens is 256 g/mol. The number of H-pyrrole nitrogens is 1. The maximum Gasteiger partial charge on any atom is 0.340 e. The summed E-state index contributed by atoms with van der Waals surface area (Å²) in [6, 6.07) is 3.62. The molecular formula is C14H18N4O2. The smallest absolute Gasteiger partial charge is 0.340 e. The van der Waals surface area contributed by atoms with Gasteiger partial charge in [-0.15, -0.1) is 0 Å². The van der Waals surface area contributed by atoms with Crippen LogP contribution in [0.15, 0.2) is 24.7 Å². The van der Waals surface area contributed by atoms with Gasteiger partial charge in [0.1, 0.15) is 0 Å². The number of nitrogens with two attached hydrogens (primary N) is 1. The molecule has 0 spiro atoms. The Labute approximate surface area is 117 Å². The van der Waals surface area contributed by atoms with Gasteiger partial charge in [-0.3, -0.25) is 0 Å². The molecule has 106 valence electrons. The lowest BCUT2D eigenvalue weighted by molar-refractivity contribution is 0.0602. The van der Waals surface area contributed by atoms with Gasteiger partial charge in [0.2, 0.25) is 0 Å². The summed E-state index contributed by atoms with van der Waals surface area (Å²) in [7, 11) is 1.34. The quantitative estimate of drug-likeness (QED) is 0.570. The summed E-state index contributed by atoms with van der Waals surface area (Å²) < 4.78 is 4.73. The Morgan fingerprint density at radius 2 is 2.30 bits per heavy atom. The molecule has 0 fully saturated rings. The predicted octanol–water partition coefficient (Wildman–Crippen LogP) is 1.74. The van der Waals surface area contributed by atoms with E-state index in [1.807, 2.05) is 13.0 Å². The minimum atomic E-state index is -0.428. The number of aromatic nitrogens is 2. The Bertz CT molecular complexity index is 593. The van der Waals surface area contributed by atoms with E-state index in [1.165, 1.54) is 7.11 Å². The van der Waals surface area contributed by atoms with Crippen LogP contribution >= 0.6 is 0 Å². The number of benzene rings is 1. The molecule has 4 N–H and O–H groups in total. The van der Waals surface area contributed by atoms with Crippen molar-refractivity contribution in [2.75, 3.05) is 24.7 Å². The Hall–Kier alpha value is -2.50. The zero-order valence-electron chi connectivity index (χ0n) is 11.6. The van der Waals surface area contributed by atoms with E-state index in [0.717, 1.165) is 29.9 Å². The summed E-state index contributed by atoms with van der Waals surface area (Å²) in [5, 5.41) is 3.26. The molecule has 0 bridgehead atoms. The lowest BCUT2D eigenvalue weighted by Crippen LogP contribution is -2.10. The van der Waals surface area contributed by atoms with Gasteiger partial charge in [-0.1, -0.05) is 0 Å². The Morgan fingerprint density at radius 1 is 1.50 bits per heavy atom. The third-order valence-electron chi connectivity index (χ3n) is 3.07. The second kappa shape index (κ2) is 6.10. The number of anilines is 2. The first-order chi connectivity index (χ1) is 9.61. The molecule has 0 radical (unpaired) electrons. The molecule has 0 unspecified atom stereocenters. The fourth-order valence-corrected chi connectivity index (χ4v) is 1.94. The lowest BCUT2D eigenvalue weighted by atomic mass is 10.1. The van der Waals surface area contributed by atoms with Gasteiger partial charge in [-0.05, 0) is 24.6 Å². The van der Waals surface area contributed by atoms with Crippen LogP contribution in [-0.2, 0) is 11.2 Å². The van der Waals surface area contributed by atoms with Crippen LogP contribution in [0.5, 0.6) is 0 Å². The van der Waals surface area contributed by atoms with Crippen molar-refractivity contribution in [1.82, 2.24) is 9.97 Å². The second-order valence-corrected chi connectivity index (χ2v) is 4.50. The van der Waals surface area contributed by atoms with Crippen molar-refractivity contribution in [2.24, 2.45) is 0 Å². The molecule has 0 saturated heterocycles. The van der Waals surface area contributed by atoms with E-state index in [2.05, 4.69) is 15.3 Å². The van der Waals surface area contributed by atoms with Crippen LogP contribution in [0.3, 0.4) is 0 Å². The third-order valence-corrected chi connectivity index (χ3v) is 3.07. The molecule has 1 heterocycles. The van der Waals surface area contributed by atoms with Crippen molar-refractivity contribution in [1.29, 1.82) is 0 Å². The number of nitrogen functional groups attached to an aromatic ring is 1. The number of hydrogen-bond donors (Lipinski definition) is 3. The number of aromatic amines is 1. The summed E-state index contributed by atoms with van der Waals surface area (Å²) in [4.78, 5) is 18.7. The maximum atomic E-state index is 11.7. The molecule has 0 saturated carbocycles. The SMILES string of the molecule is COC(=O)c1cc(NCCc2cnc[nH]2)cc(C)c1N. The summed E-state index contributed by atoms with van der Waals surface area (Å²) in [5.41, 5.74) is 9.47. The van der Waals surface area contributed by atoms with E-state index in [0.29, 0.717) is 11.3 Å². The number of carbonyl (C=O) groups is 1. The molecule has 0 aliphatic rings. The van der Waals surface area contributed by atoms with Gasteiger partial charge in [0.25, 0.3) is 0 Å². The van der Waals surface area contributed by atoms with E-state index >= 15 is 0 Å². The molecule has 1 aromatic carbocycles. The summed E-state index contributed by atoms with van der Waals surface area (Å²) in [6.07, 6.45) is 4.25. The number of imidazole rings is 1. The standard InChI is InChI=1S/C14H18N4O2/c1-9-5-11(6-12(13(9)15)14(19)20-2)17-4-3-10-7-16-8-18-10/h5-8,17H,3-4,15H2,1-2H3,(H,16,18). The van der Waals surface area contributed by atoms with Crippen molar-refractivity contribution in [3.8, 4) is 0 Å². The van der Waals surface area contributed by atoms with Crippen molar-refractivity contribution < 1.29 is 9.53 Å². The van der Waals surface area contributed by atoms with Crippen LogP contribution in [0.25, 0.3) is 0 Å². The van der Waals surface area contributed by atoms with Crippen molar-refractivity contribution >= 4 is 17.3 Å². The van der Waals surface area contributed by atoms with Gasteiger partial charge in [-0.25, -0.2) is 9.78 Å². The summed E-state index contributed by atoms with van der Waals surface area (Å²) >= 11 is 0. The van der Waals surface area contributed by atoms with Gasteiger partial charge in [0, 0.05) is 36.2 Å². The molecule has 6 heteroatoms. The summed E-state index contributed by atoms with van der Waals surface area (Å²) in [6.45, 7) is 2.59. The van der Waals surface area contributed by atoms with Crippen LogP contribution in [0.2, 0.25) is 0 Å². The van der Waals surface area contributed by atoms with Crippen molar-refractivity contribution in [3.05, 3.63) is 41.5 Å². The Kier molecular flexibility index (Phi) is 4.24. The number of rotatable bonds is 5. The summed E-state index contributed by atoms with van der Waals surface area (Å²) in [5.74, 6) is -0.428. The number of nitrogens with one attached hydrogen (secondary N) is 2. The van der Waals surface area contributed by atoms with Crippen LogP contribution in [0, 0.1) is 6.92 Å². The highest BCUT2D eigenvalue weighted by molar-refractivity contribution is 5.97. The first-order valence-electron chi connectivity index (χ1n) is 6.31. The zero-order valence-corrected chi connectivity index (χ0v) is 11.6. The molecule has 0 atom stereocenters. The highest BCUT2D eigenvalue weighted by Gasteiger charge is 2.13. The van der Waals surface area contributed by atoms with Crippen LogP contribution < -0.4 is 11.1 Å². The number of nitrogens with zero attached hydrogens (tertiary/aromatic N) is 1. The fraction of sp³-hybridized carbons (Fsp3) is 0.286. The van der Waals surface area contributed by atoms with Crippen LogP contribution in [-0.4, -0.2) is 29.6 Å². The minimum absolute atomic E-state index is 0.386. The second-order valence-electron chi connectivity index (χ2n) is 4.50. The topological polar surface area (TPSA) is 93.0 Å². The molecule has 0 aliphatic heterocycles. The molecule has 0 aliphatic carbocycles. The van der Waals surface area contributed by atoms with E-state index in [9.17, 15) is 4.79 Å². The van der Waals surface area contributed by atoms with Gasteiger partial charge >= 0.3 is 5.97 Å². The van der Waals surface area contributed by atoms with Gasteiger partial charge in [0.05, 0.1) is 19.0 Å². The maximum absolute atomic E-state index is 11.7. The fourth-order valence-electron chi connectivity index (χ4n) is 1.94. The molecule has 0 amide bonds. The average Bonchev–Trinajstić information content (AvgIpc) is 2.95. The molecule has 6 nitrogen and oxygen atoms in total. The van der Waals surface area contributed by atoms with E-state index in [4.69, 9.17) is 10.5 Å². The van der Waals surface area contributed by atoms with Gasteiger partial charge < -0.3 is 20.8 Å². The predicted molar refractivity (Wildman–Crippen MR) is 77.7 cm³/mol. The lowest BCUT2D eigenvalue weighted by Gasteiger charge is -2.12. The number of aryl methyl sites for hydroxylation is 1. The third kappa shape index (κ3) is 3.09. The number of hydrogen-bond acceptors (Lipinski definition) is 5. The Morgan fingerprint density at radius 3 is 2.95 bits per heavy atom. The molecule has 2 aromatic rings. The number of carbonyl (C=O) groups excluding carboxylic acids is 1. The van der Waals surface area contributed by atoms with E-state index in [1.54, 1.807) is 18.6 Å². The van der Waals surface area contributed by atoms with Crippen molar-refractivity contribution in [3.63, 3.8) is 0 Å². The Balaban J connectivity index is 2.08. The zero-order chi connectivity index (χ0) is 14.5.